The van der Waals surface area contributed by atoms with Crippen LogP contribution in [-0.2, 0) is 14.3 Å². The molecule has 0 unspecified atom stereocenters. The van der Waals surface area contributed by atoms with E-state index in [0.29, 0.717) is 13.0 Å². The maximum Gasteiger partial charge on any atom is 0.310 e. The third-order valence-electron chi connectivity index (χ3n) is 4.08. The maximum absolute atomic E-state index is 12.5. The third-order valence-corrected chi connectivity index (χ3v) is 4.80. The number of rotatable bonds is 2. The molecule has 110 valence electrons. The van der Waals surface area contributed by atoms with Crippen molar-refractivity contribution in [2.75, 3.05) is 11.9 Å². The monoisotopic (exact) mass is 397 g/mol. The van der Waals surface area contributed by atoms with Gasteiger partial charge in [0.25, 0.3) is 0 Å². The van der Waals surface area contributed by atoms with Gasteiger partial charge in [-0.15, -0.1) is 0 Å². The Morgan fingerprint density at radius 2 is 2.05 bits per heavy atom. The van der Waals surface area contributed by atoms with Crippen molar-refractivity contribution in [2.24, 2.45) is 17.8 Å². The first-order valence-electron chi connectivity index (χ1n) is 7.05. The van der Waals surface area contributed by atoms with E-state index in [0.717, 1.165) is 15.7 Å². The van der Waals surface area contributed by atoms with Gasteiger partial charge in [0.05, 0.1) is 18.4 Å². The maximum atomic E-state index is 12.5. The third kappa shape index (κ3) is 3.12. The molecular weight excluding hydrogens is 381 g/mol. The molecule has 1 aliphatic carbocycles. The number of carbonyl (C=O) groups is 2. The van der Waals surface area contributed by atoms with E-state index in [4.69, 9.17) is 4.74 Å². The van der Waals surface area contributed by atoms with Crippen LogP contribution in [0.4, 0.5) is 5.69 Å². The molecule has 1 fully saturated rings. The minimum atomic E-state index is -0.341. The predicted molar refractivity (Wildman–Crippen MR) is 87.6 cm³/mol. The van der Waals surface area contributed by atoms with E-state index in [1.165, 1.54) is 0 Å². The van der Waals surface area contributed by atoms with E-state index >= 15 is 0 Å². The molecule has 1 aromatic carbocycles. The summed E-state index contributed by atoms with van der Waals surface area (Å²) in [6.07, 6.45) is 5.46. The normalized spacial score (nSPS) is 27.7. The van der Waals surface area contributed by atoms with E-state index < -0.39 is 0 Å². The van der Waals surface area contributed by atoms with Crippen LogP contribution in [0.2, 0.25) is 0 Å². The SMILES string of the molecule is O=C1OCC[C@H]2C=CC[C@@H](C(=O)Nc3ccc(I)cc3)[C@@H]12. The zero-order valence-electron chi connectivity index (χ0n) is 11.4. The Balaban J connectivity index is 1.75. The second-order valence-corrected chi connectivity index (χ2v) is 6.66. The molecule has 4 nitrogen and oxygen atoms in total. The lowest BCUT2D eigenvalue weighted by Crippen LogP contribution is -2.43. The first-order chi connectivity index (χ1) is 10.1. The molecule has 1 aliphatic heterocycles. The number of allylic oxidation sites excluding steroid dienone is 2. The van der Waals surface area contributed by atoms with Gasteiger partial charge in [-0.2, -0.15) is 0 Å². The number of anilines is 1. The highest BCUT2D eigenvalue weighted by molar-refractivity contribution is 14.1. The Bertz CT molecular complexity index is 582. The molecule has 2 aliphatic rings. The van der Waals surface area contributed by atoms with Gasteiger partial charge in [-0.05, 0) is 65.6 Å². The van der Waals surface area contributed by atoms with Gasteiger partial charge < -0.3 is 10.1 Å². The number of amides is 1. The number of cyclic esters (lactones) is 1. The molecule has 5 heteroatoms. The molecule has 3 atom stereocenters. The molecule has 3 rings (SSSR count). The van der Waals surface area contributed by atoms with Gasteiger partial charge in [0.15, 0.2) is 0 Å². The number of hydrogen-bond acceptors (Lipinski definition) is 3. The summed E-state index contributed by atoms with van der Waals surface area (Å²) in [7, 11) is 0. The fourth-order valence-electron chi connectivity index (χ4n) is 3.01. The molecule has 1 aromatic rings. The van der Waals surface area contributed by atoms with Crippen molar-refractivity contribution in [1.82, 2.24) is 0 Å². The van der Waals surface area contributed by atoms with Crippen molar-refractivity contribution in [3.8, 4) is 0 Å². The van der Waals surface area contributed by atoms with Crippen molar-refractivity contribution < 1.29 is 14.3 Å². The van der Waals surface area contributed by atoms with Crippen molar-refractivity contribution in [3.63, 3.8) is 0 Å². The summed E-state index contributed by atoms with van der Waals surface area (Å²) in [5, 5.41) is 2.91. The Morgan fingerprint density at radius 1 is 1.29 bits per heavy atom. The van der Waals surface area contributed by atoms with Gasteiger partial charge in [-0.3, -0.25) is 9.59 Å². The molecule has 0 spiro atoms. The van der Waals surface area contributed by atoms with Gasteiger partial charge in [-0.25, -0.2) is 0 Å². The highest BCUT2D eigenvalue weighted by Gasteiger charge is 2.43. The number of carbonyl (C=O) groups excluding carboxylic acids is 2. The average molecular weight is 397 g/mol. The fraction of sp³-hybridized carbons (Fsp3) is 0.375. The second kappa shape index (κ2) is 6.17. The topological polar surface area (TPSA) is 55.4 Å². The van der Waals surface area contributed by atoms with E-state index in [1.807, 2.05) is 30.3 Å². The molecule has 0 bridgehead atoms. The van der Waals surface area contributed by atoms with Gasteiger partial charge in [0.2, 0.25) is 5.91 Å². The van der Waals surface area contributed by atoms with Crippen molar-refractivity contribution >= 4 is 40.2 Å². The second-order valence-electron chi connectivity index (χ2n) is 5.41. The van der Waals surface area contributed by atoms with Gasteiger partial charge in [-0.1, -0.05) is 12.2 Å². The standard InChI is InChI=1S/C16H16INO3/c17-11-4-6-12(7-5-11)18-15(19)13-3-1-2-10-8-9-21-16(20)14(10)13/h1-2,4-7,10,13-14H,3,8-9H2,(H,18,19)/t10-,13-,14+/m1/s1. The molecule has 21 heavy (non-hydrogen) atoms. The Morgan fingerprint density at radius 3 is 2.81 bits per heavy atom. The number of fused-ring (bicyclic) bond motifs is 1. The number of hydrogen-bond donors (Lipinski definition) is 1. The fourth-order valence-corrected chi connectivity index (χ4v) is 3.37. The van der Waals surface area contributed by atoms with Crippen LogP contribution in [0.15, 0.2) is 36.4 Å². The van der Waals surface area contributed by atoms with Crippen molar-refractivity contribution in [3.05, 3.63) is 40.0 Å². The predicted octanol–water partition coefficient (Wildman–Crippen LogP) is 2.99. The highest BCUT2D eigenvalue weighted by atomic mass is 127. The summed E-state index contributed by atoms with van der Waals surface area (Å²) < 4.78 is 6.25. The van der Waals surface area contributed by atoms with Crippen LogP contribution < -0.4 is 5.32 Å². The van der Waals surface area contributed by atoms with Gasteiger partial charge in [0, 0.05) is 9.26 Å². The zero-order valence-corrected chi connectivity index (χ0v) is 13.6. The average Bonchev–Trinajstić information content (AvgIpc) is 2.49. The molecule has 0 radical (unpaired) electrons. The summed E-state index contributed by atoms with van der Waals surface area (Å²) in [5.74, 6) is -0.889. The zero-order chi connectivity index (χ0) is 14.8. The highest BCUT2D eigenvalue weighted by Crippen LogP contribution is 2.36. The number of esters is 1. The van der Waals surface area contributed by atoms with Crippen molar-refractivity contribution in [2.45, 2.75) is 12.8 Å². The lowest BCUT2D eigenvalue weighted by Gasteiger charge is -2.35. The summed E-state index contributed by atoms with van der Waals surface area (Å²) in [6, 6.07) is 7.62. The molecule has 1 saturated heterocycles. The molecule has 0 saturated carbocycles. The van der Waals surface area contributed by atoms with E-state index in [-0.39, 0.29) is 29.6 Å². The number of benzene rings is 1. The smallest absolute Gasteiger partial charge is 0.310 e. The first kappa shape index (κ1) is 14.6. The number of halogens is 1. The summed E-state index contributed by atoms with van der Waals surface area (Å²) in [6.45, 7) is 0.454. The molecule has 1 heterocycles. The van der Waals surface area contributed by atoms with E-state index in [1.54, 1.807) is 0 Å². The first-order valence-corrected chi connectivity index (χ1v) is 8.13. The molecule has 1 N–H and O–H groups in total. The van der Waals surface area contributed by atoms with Gasteiger partial charge >= 0.3 is 5.97 Å². The van der Waals surface area contributed by atoms with Crippen LogP contribution >= 0.6 is 22.6 Å². The summed E-state index contributed by atoms with van der Waals surface area (Å²) in [5.41, 5.74) is 0.760. The Labute approximate surface area is 137 Å². The number of ether oxygens (including phenoxy) is 1. The lowest BCUT2D eigenvalue weighted by molar-refractivity contribution is -0.160. The van der Waals surface area contributed by atoms with Crippen LogP contribution in [0.25, 0.3) is 0 Å². The minimum absolute atomic E-state index is 0.102. The van der Waals surface area contributed by atoms with Crippen LogP contribution in [-0.4, -0.2) is 18.5 Å². The van der Waals surface area contributed by atoms with Crippen LogP contribution in [0, 0.1) is 21.3 Å². The molecular formula is C16H16INO3. The minimum Gasteiger partial charge on any atom is -0.465 e. The van der Waals surface area contributed by atoms with Gasteiger partial charge in [0.1, 0.15) is 0 Å². The van der Waals surface area contributed by atoms with Crippen molar-refractivity contribution in [1.29, 1.82) is 0 Å². The van der Waals surface area contributed by atoms with Crippen LogP contribution in [0.3, 0.4) is 0 Å². The molecule has 0 aromatic heterocycles. The summed E-state index contributed by atoms with van der Waals surface area (Å²) >= 11 is 2.22. The van der Waals surface area contributed by atoms with Crippen LogP contribution in [0.5, 0.6) is 0 Å². The quantitative estimate of drug-likeness (QED) is 0.474. The van der Waals surface area contributed by atoms with E-state index in [9.17, 15) is 9.59 Å². The largest absolute Gasteiger partial charge is 0.465 e. The van der Waals surface area contributed by atoms with E-state index in [2.05, 4.69) is 34.0 Å². The Kier molecular flexibility index (Phi) is 4.28. The number of nitrogens with one attached hydrogen (secondary N) is 1. The van der Waals surface area contributed by atoms with Crippen LogP contribution in [0.1, 0.15) is 12.8 Å². The molecule has 1 amide bonds. The Hall–Kier alpha value is -1.37. The summed E-state index contributed by atoms with van der Waals surface area (Å²) in [4.78, 5) is 24.5. The lowest BCUT2D eigenvalue weighted by atomic mass is 9.73.